The zero-order valence-corrected chi connectivity index (χ0v) is 16.8. The molecule has 1 amide bonds. The van der Waals surface area contributed by atoms with Gasteiger partial charge in [0, 0.05) is 35.4 Å². The summed E-state index contributed by atoms with van der Waals surface area (Å²) in [5.41, 5.74) is 3.05. The second-order valence-electron chi connectivity index (χ2n) is 6.94. The Balaban J connectivity index is 1.60. The van der Waals surface area contributed by atoms with E-state index in [1.807, 2.05) is 12.1 Å². The van der Waals surface area contributed by atoms with Gasteiger partial charge in [-0.15, -0.1) is 0 Å². The van der Waals surface area contributed by atoms with Gasteiger partial charge >= 0.3 is 0 Å². The van der Waals surface area contributed by atoms with E-state index in [1.165, 1.54) is 22.8 Å². The van der Waals surface area contributed by atoms with Gasteiger partial charge in [0.05, 0.1) is 0 Å². The summed E-state index contributed by atoms with van der Waals surface area (Å²) in [4.78, 5) is 30.1. The maximum absolute atomic E-state index is 13.0. The third-order valence-electron chi connectivity index (χ3n) is 4.87. The van der Waals surface area contributed by atoms with Crippen LogP contribution in [0.25, 0.3) is 5.65 Å². The normalized spacial score (nSPS) is 11.0. The predicted octanol–water partition coefficient (Wildman–Crippen LogP) is 3.64. The number of aromatic nitrogens is 3. The molecule has 0 unspecified atom stereocenters. The van der Waals surface area contributed by atoms with Crippen molar-refractivity contribution < 1.29 is 9.18 Å². The summed E-state index contributed by atoms with van der Waals surface area (Å²) in [5.74, 6) is -0.718. The minimum atomic E-state index is -0.380. The van der Waals surface area contributed by atoms with E-state index in [1.54, 1.807) is 31.2 Å². The highest BCUT2D eigenvalue weighted by Gasteiger charge is 2.18. The zero-order chi connectivity index (χ0) is 21.3. The summed E-state index contributed by atoms with van der Waals surface area (Å²) in [6.07, 6.45) is 1.86. The Morgan fingerprint density at radius 1 is 1.13 bits per heavy atom. The van der Waals surface area contributed by atoms with Crippen molar-refractivity contribution in [2.24, 2.45) is 0 Å². The molecule has 0 aliphatic carbocycles. The van der Waals surface area contributed by atoms with Crippen molar-refractivity contribution in [3.05, 3.63) is 104 Å². The average molecular weight is 425 g/mol. The van der Waals surface area contributed by atoms with Gasteiger partial charge in [0.1, 0.15) is 11.4 Å². The Kier molecular flexibility index (Phi) is 5.37. The van der Waals surface area contributed by atoms with Crippen molar-refractivity contribution in [1.82, 2.24) is 19.9 Å². The van der Waals surface area contributed by atoms with Crippen LogP contribution in [0.4, 0.5) is 4.39 Å². The number of carbonyl (C=O) groups excluding carboxylic acids is 1. The lowest BCUT2D eigenvalue weighted by atomic mass is 10.1. The van der Waals surface area contributed by atoms with E-state index in [-0.39, 0.29) is 35.0 Å². The van der Waals surface area contributed by atoms with Gasteiger partial charge in [0.2, 0.25) is 0 Å². The SMILES string of the molecule is Cc1nc2c(C(=O)NCc3ccc(F)cc3)c[nH]n2c(=O)c1Cc1ccc(Cl)cc1. The molecule has 0 bridgehead atoms. The molecule has 2 heterocycles. The second kappa shape index (κ2) is 8.12. The Bertz CT molecular complexity index is 1280. The van der Waals surface area contributed by atoms with E-state index in [4.69, 9.17) is 11.6 Å². The third kappa shape index (κ3) is 3.97. The minimum Gasteiger partial charge on any atom is -0.348 e. The lowest BCUT2D eigenvalue weighted by Gasteiger charge is -2.07. The van der Waals surface area contributed by atoms with Crippen molar-refractivity contribution in [2.45, 2.75) is 19.9 Å². The molecule has 0 aliphatic rings. The predicted molar refractivity (Wildman–Crippen MR) is 112 cm³/mol. The monoisotopic (exact) mass is 424 g/mol. The molecular weight excluding hydrogens is 407 g/mol. The molecular formula is C22H18ClFN4O2. The van der Waals surface area contributed by atoms with Crippen molar-refractivity contribution in [3.8, 4) is 0 Å². The van der Waals surface area contributed by atoms with Crippen LogP contribution in [0.2, 0.25) is 5.02 Å². The van der Waals surface area contributed by atoms with Crippen molar-refractivity contribution >= 4 is 23.2 Å². The molecule has 0 fully saturated rings. The highest BCUT2D eigenvalue weighted by atomic mass is 35.5. The van der Waals surface area contributed by atoms with Crippen LogP contribution in [0, 0.1) is 12.7 Å². The summed E-state index contributed by atoms with van der Waals surface area (Å²) in [6.45, 7) is 1.98. The molecule has 0 atom stereocenters. The minimum absolute atomic E-state index is 0.230. The van der Waals surface area contributed by atoms with E-state index >= 15 is 0 Å². The highest BCUT2D eigenvalue weighted by Crippen LogP contribution is 2.15. The number of benzene rings is 2. The smallest absolute Gasteiger partial charge is 0.276 e. The van der Waals surface area contributed by atoms with Gasteiger partial charge in [-0.1, -0.05) is 35.9 Å². The second-order valence-corrected chi connectivity index (χ2v) is 7.38. The topological polar surface area (TPSA) is 79.3 Å². The molecule has 4 aromatic rings. The lowest BCUT2D eigenvalue weighted by molar-refractivity contribution is 0.0952. The first-order valence-corrected chi connectivity index (χ1v) is 9.67. The first kappa shape index (κ1) is 19.8. The fourth-order valence-corrected chi connectivity index (χ4v) is 3.34. The maximum Gasteiger partial charge on any atom is 0.276 e. The number of hydrogen-bond donors (Lipinski definition) is 2. The van der Waals surface area contributed by atoms with Gasteiger partial charge in [-0.2, -0.15) is 0 Å². The Hall–Kier alpha value is -3.45. The number of amides is 1. The van der Waals surface area contributed by atoms with Gasteiger partial charge in [-0.25, -0.2) is 13.9 Å². The summed E-state index contributed by atoms with van der Waals surface area (Å²) in [5, 5.41) is 6.20. The fourth-order valence-electron chi connectivity index (χ4n) is 3.21. The number of halogens is 2. The number of aryl methyl sites for hydroxylation is 1. The zero-order valence-electron chi connectivity index (χ0n) is 16.1. The van der Waals surface area contributed by atoms with E-state index < -0.39 is 0 Å². The number of rotatable bonds is 5. The first-order valence-electron chi connectivity index (χ1n) is 9.29. The summed E-state index contributed by atoms with van der Waals surface area (Å²) in [6, 6.07) is 13.1. The molecule has 0 aliphatic heterocycles. The summed E-state index contributed by atoms with van der Waals surface area (Å²) in [7, 11) is 0. The molecule has 152 valence electrons. The number of carbonyl (C=O) groups is 1. The standard InChI is InChI=1S/C22H18ClFN4O2/c1-13-18(10-14-2-6-16(23)7-3-14)22(30)28-20(27-13)19(12-26-28)21(29)25-11-15-4-8-17(24)9-5-15/h2-9,12,26H,10-11H2,1H3,(H,25,29). The molecule has 0 saturated carbocycles. The molecule has 2 aromatic heterocycles. The molecule has 8 heteroatoms. The molecule has 0 spiro atoms. The van der Waals surface area contributed by atoms with Crippen LogP contribution < -0.4 is 10.9 Å². The van der Waals surface area contributed by atoms with Crippen molar-refractivity contribution in [1.29, 1.82) is 0 Å². The largest absolute Gasteiger partial charge is 0.348 e. The summed E-state index contributed by atoms with van der Waals surface area (Å²) >= 11 is 5.92. The van der Waals surface area contributed by atoms with Gasteiger partial charge in [0.15, 0.2) is 5.65 Å². The van der Waals surface area contributed by atoms with E-state index in [2.05, 4.69) is 15.4 Å². The van der Waals surface area contributed by atoms with Crippen LogP contribution in [0.3, 0.4) is 0 Å². The van der Waals surface area contributed by atoms with Gasteiger partial charge < -0.3 is 5.32 Å². The maximum atomic E-state index is 13.0. The Labute approximate surface area is 176 Å². The Morgan fingerprint density at radius 3 is 2.50 bits per heavy atom. The van der Waals surface area contributed by atoms with Crippen molar-refractivity contribution in [3.63, 3.8) is 0 Å². The van der Waals surface area contributed by atoms with Crippen LogP contribution in [0.15, 0.2) is 59.5 Å². The molecule has 30 heavy (non-hydrogen) atoms. The highest BCUT2D eigenvalue weighted by molar-refractivity contribution is 6.30. The van der Waals surface area contributed by atoms with E-state index in [0.29, 0.717) is 22.7 Å². The third-order valence-corrected chi connectivity index (χ3v) is 5.12. The number of aromatic amines is 1. The van der Waals surface area contributed by atoms with Crippen LogP contribution in [-0.2, 0) is 13.0 Å². The first-order chi connectivity index (χ1) is 14.4. The van der Waals surface area contributed by atoms with E-state index in [9.17, 15) is 14.0 Å². The van der Waals surface area contributed by atoms with Crippen LogP contribution in [0.5, 0.6) is 0 Å². The molecule has 0 saturated heterocycles. The Morgan fingerprint density at radius 2 is 1.80 bits per heavy atom. The number of nitrogens with zero attached hydrogens (tertiary/aromatic N) is 2. The summed E-state index contributed by atoms with van der Waals surface area (Å²) < 4.78 is 14.3. The van der Waals surface area contributed by atoms with Gasteiger partial charge in [0.25, 0.3) is 11.5 Å². The van der Waals surface area contributed by atoms with Crippen molar-refractivity contribution in [2.75, 3.05) is 0 Å². The van der Waals surface area contributed by atoms with Crippen LogP contribution in [-0.4, -0.2) is 20.5 Å². The fraction of sp³-hybridized carbons (Fsp3) is 0.136. The number of hydrogen-bond acceptors (Lipinski definition) is 3. The molecule has 2 aromatic carbocycles. The van der Waals surface area contributed by atoms with Crippen LogP contribution >= 0.6 is 11.6 Å². The van der Waals surface area contributed by atoms with Crippen LogP contribution in [0.1, 0.15) is 32.7 Å². The molecule has 0 radical (unpaired) electrons. The number of nitrogens with one attached hydrogen (secondary N) is 2. The lowest BCUT2D eigenvalue weighted by Crippen LogP contribution is -2.25. The quantitative estimate of drug-likeness (QED) is 0.513. The van der Waals surface area contributed by atoms with E-state index in [0.717, 1.165) is 11.1 Å². The molecule has 2 N–H and O–H groups in total. The molecule has 4 rings (SSSR count). The number of H-pyrrole nitrogens is 1. The van der Waals surface area contributed by atoms with Gasteiger partial charge in [-0.3, -0.25) is 14.7 Å². The van der Waals surface area contributed by atoms with Gasteiger partial charge in [-0.05, 0) is 42.3 Å². The number of fused-ring (bicyclic) bond motifs is 1. The molecule has 6 nitrogen and oxygen atoms in total. The average Bonchev–Trinajstić information content (AvgIpc) is 3.16.